The third-order valence-corrected chi connectivity index (χ3v) is 5.76. The Morgan fingerprint density at radius 1 is 1.06 bits per heavy atom. The first kappa shape index (κ1) is 22.1. The molecule has 4 rings (SSSR count). The van der Waals surface area contributed by atoms with E-state index in [1.807, 2.05) is 24.3 Å². The summed E-state index contributed by atoms with van der Waals surface area (Å²) in [6.45, 7) is 5.90. The van der Waals surface area contributed by atoms with Crippen LogP contribution in [-0.2, 0) is 4.74 Å². The first-order valence-electron chi connectivity index (χ1n) is 11.1. The minimum atomic E-state index is -0.524. The third-order valence-electron chi connectivity index (χ3n) is 5.76. The maximum absolute atomic E-state index is 13.5. The molecule has 0 radical (unpaired) electrons. The molecule has 1 amide bonds. The van der Waals surface area contributed by atoms with Crippen molar-refractivity contribution >= 4 is 16.9 Å². The molecule has 0 spiro atoms. The van der Waals surface area contributed by atoms with Crippen LogP contribution in [0.2, 0.25) is 0 Å². The standard InChI is InChI=1S/C26H29NO5/c1-17(2)12-15-31-19-9-6-8-18(16-19)23-22-24(28)20-10-4-5-11-21(20)32-25(22)26(29)27(23)13-7-14-30-3/h4-6,8-11,16-17,23H,7,12-15H2,1-3H3/t23-/m1/s1. The van der Waals surface area contributed by atoms with Gasteiger partial charge in [-0.15, -0.1) is 0 Å². The molecule has 0 saturated heterocycles. The van der Waals surface area contributed by atoms with Gasteiger partial charge < -0.3 is 18.8 Å². The van der Waals surface area contributed by atoms with Gasteiger partial charge in [-0.3, -0.25) is 9.59 Å². The predicted octanol–water partition coefficient (Wildman–Crippen LogP) is 4.80. The highest BCUT2D eigenvalue weighted by molar-refractivity contribution is 5.99. The van der Waals surface area contributed by atoms with Gasteiger partial charge in [0, 0.05) is 20.3 Å². The maximum atomic E-state index is 13.5. The highest BCUT2D eigenvalue weighted by Gasteiger charge is 2.42. The van der Waals surface area contributed by atoms with Gasteiger partial charge in [-0.25, -0.2) is 0 Å². The lowest BCUT2D eigenvalue weighted by Crippen LogP contribution is -2.31. The molecular weight excluding hydrogens is 406 g/mol. The lowest BCUT2D eigenvalue weighted by Gasteiger charge is -2.25. The van der Waals surface area contributed by atoms with Crippen molar-refractivity contribution in [2.45, 2.75) is 32.7 Å². The summed E-state index contributed by atoms with van der Waals surface area (Å²) in [5, 5.41) is 0.479. The van der Waals surface area contributed by atoms with Crippen molar-refractivity contribution in [2.24, 2.45) is 5.92 Å². The monoisotopic (exact) mass is 435 g/mol. The van der Waals surface area contributed by atoms with Gasteiger partial charge in [-0.1, -0.05) is 38.1 Å². The Bertz CT molecular complexity index is 1170. The van der Waals surface area contributed by atoms with Crippen LogP contribution in [-0.4, -0.2) is 37.7 Å². The molecule has 1 aliphatic rings. The summed E-state index contributed by atoms with van der Waals surface area (Å²) in [6.07, 6.45) is 1.61. The number of ether oxygens (including phenoxy) is 2. The molecule has 32 heavy (non-hydrogen) atoms. The normalized spacial score (nSPS) is 15.6. The van der Waals surface area contributed by atoms with E-state index in [2.05, 4.69) is 13.8 Å². The van der Waals surface area contributed by atoms with Crippen LogP contribution in [0.4, 0.5) is 0 Å². The summed E-state index contributed by atoms with van der Waals surface area (Å²) < 4.78 is 17.1. The van der Waals surface area contributed by atoms with Gasteiger partial charge in [-0.2, -0.15) is 0 Å². The minimum Gasteiger partial charge on any atom is -0.494 e. The van der Waals surface area contributed by atoms with Crippen molar-refractivity contribution in [3.63, 3.8) is 0 Å². The van der Waals surface area contributed by atoms with Gasteiger partial charge in [0.1, 0.15) is 11.3 Å². The van der Waals surface area contributed by atoms with E-state index in [0.717, 1.165) is 17.7 Å². The molecule has 0 fully saturated rings. The van der Waals surface area contributed by atoms with E-state index in [4.69, 9.17) is 13.9 Å². The molecule has 2 heterocycles. The Kier molecular flexibility index (Phi) is 6.61. The molecule has 168 valence electrons. The maximum Gasteiger partial charge on any atom is 0.290 e. The van der Waals surface area contributed by atoms with Gasteiger partial charge in [0.15, 0.2) is 5.43 Å². The van der Waals surface area contributed by atoms with E-state index < -0.39 is 6.04 Å². The van der Waals surface area contributed by atoms with Crippen LogP contribution in [0.5, 0.6) is 5.75 Å². The fraction of sp³-hybridized carbons (Fsp3) is 0.385. The number of fused-ring (bicyclic) bond motifs is 2. The summed E-state index contributed by atoms with van der Waals surface area (Å²) in [7, 11) is 1.63. The first-order chi connectivity index (χ1) is 15.5. The van der Waals surface area contributed by atoms with Gasteiger partial charge >= 0.3 is 0 Å². The van der Waals surface area contributed by atoms with Crippen molar-refractivity contribution in [2.75, 3.05) is 26.9 Å². The number of para-hydroxylation sites is 1. The second kappa shape index (κ2) is 9.57. The molecule has 3 aromatic rings. The van der Waals surface area contributed by atoms with E-state index in [-0.39, 0.29) is 17.1 Å². The van der Waals surface area contributed by atoms with Crippen LogP contribution in [0, 0.1) is 5.92 Å². The molecule has 6 heteroatoms. The van der Waals surface area contributed by atoms with Crippen LogP contribution in [0.15, 0.2) is 57.7 Å². The van der Waals surface area contributed by atoms with Crippen molar-refractivity contribution in [3.8, 4) is 5.75 Å². The zero-order valence-corrected chi connectivity index (χ0v) is 18.8. The van der Waals surface area contributed by atoms with E-state index >= 15 is 0 Å². The molecule has 1 aromatic heterocycles. The molecule has 0 unspecified atom stereocenters. The highest BCUT2D eigenvalue weighted by atomic mass is 16.5. The van der Waals surface area contributed by atoms with Crippen LogP contribution >= 0.6 is 0 Å². The molecule has 0 aliphatic carbocycles. The number of hydrogen-bond acceptors (Lipinski definition) is 5. The summed E-state index contributed by atoms with van der Waals surface area (Å²) in [4.78, 5) is 28.5. The molecule has 1 aliphatic heterocycles. The van der Waals surface area contributed by atoms with Crippen molar-refractivity contribution < 1.29 is 18.7 Å². The Hall–Kier alpha value is -3.12. The summed E-state index contributed by atoms with van der Waals surface area (Å²) in [5.41, 5.74) is 1.48. The number of hydrogen-bond donors (Lipinski definition) is 0. The SMILES string of the molecule is COCCCN1C(=O)c2oc3ccccc3c(=O)c2[C@H]1c1cccc(OCCC(C)C)c1. The highest BCUT2D eigenvalue weighted by Crippen LogP contribution is 2.39. The fourth-order valence-corrected chi connectivity index (χ4v) is 4.11. The van der Waals surface area contributed by atoms with Crippen LogP contribution in [0.3, 0.4) is 0 Å². The molecule has 1 atom stereocenters. The Morgan fingerprint density at radius 2 is 1.88 bits per heavy atom. The average molecular weight is 436 g/mol. The predicted molar refractivity (Wildman–Crippen MR) is 123 cm³/mol. The fourth-order valence-electron chi connectivity index (χ4n) is 4.11. The second-order valence-electron chi connectivity index (χ2n) is 8.52. The zero-order chi connectivity index (χ0) is 22.7. The lowest BCUT2D eigenvalue weighted by molar-refractivity contribution is 0.0707. The van der Waals surface area contributed by atoms with Crippen LogP contribution < -0.4 is 10.2 Å². The van der Waals surface area contributed by atoms with Gasteiger partial charge in [-0.05, 0) is 48.6 Å². The van der Waals surface area contributed by atoms with Crippen LogP contribution in [0.1, 0.15) is 54.4 Å². The Morgan fingerprint density at radius 3 is 2.66 bits per heavy atom. The number of nitrogens with zero attached hydrogens (tertiary/aromatic N) is 1. The number of carbonyl (C=O) groups excluding carboxylic acids is 1. The Labute approximate surface area is 187 Å². The van der Waals surface area contributed by atoms with Crippen molar-refractivity contribution in [3.05, 3.63) is 75.6 Å². The molecule has 0 bridgehead atoms. The molecule has 0 N–H and O–H groups in total. The summed E-state index contributed by atoms with van der Waals surface area (Å²) >= 11 is 0. The zero-order valence-electron chi connectivity index (χ0n) is 18.8. The molecule has 6 nitrogen and oxygen atoms in total. The average Bonchev–Trinajstić information content (AvgIpc) is 3.06. The number of methoxy groups -OCH3 is 1. The Balaban J connectivity index is 1.77. The van der Waals surface area contributed by atoms with Crippen LogP contribution in [0.25, 0.3) is 11.0 Å². The van der Waals surface area contributed by atoms with Gasteiger partial charge in [0.25, 0.3) is 5.91 Å². The molecule has 2 aromatic carbocycles. The molecule has 0 saturated carbocycles. The van der Waals surface area contributed by atoms with E-state index in [1.165, 1.54) is 0 Å². The first-order valence-corrected chi connectivity index (χ1v) is 11.1. The topological polar surface area (TPSA) is 69.0 Å². The summed E-state index contributed by atoms with van der Waals surface area (Å²) in [6, 6.07) is 14.2. The van der Waals surface area contributed by atoms with Crippen molar-refractivity contribution in [1.29, 1.82) is 0 Å². The smallest absolute Gasteiger partial charge is 0.290 e. The summed E-state index contributed by atoms with van der Waals surface area (Å²) in [5.74, 6) is 1.13. The number of amides is 1. The number of rotatable bonds is 9. The van der Waals surface area contributed by atoms with E-state index in [9.17, 15) is 9.59 Å². The number of carbonyl (C=O) groups is 1. The lowest BCUT2D eigenvalue weighted by atomic mass is 9.98. The second-order valence-corrected chi connectivity index (χ2v) is 8.52. The van der Waals surface area contributed by atoms with E-state index in [1.54, 1.807) is 36.3 Å². The largest absolute Gasteiger partial charge is 0.494 e. The third kappa shape index (κ3) is 4.28. The van der Waals surface area contributed by atoms with E-state index in [0.29, 0.717) is 48.6 Å². The van der Waals surface area contributed by atoms with Crippen molar-refractivity contribution in [1.82, 2.24) is 4.90 Å². The van der Waals surface area contributed by atoms with Gasteiger partial charge in [0.05, 0.1) is 23.6 Å². The molecular formula is C26H29NO5. The van der Waals surface area contributed by atoms with Gasteiger partial charge in [0.2, 0.25) is 5.76 Å². The quantitative estimate of drug-likeness (QED) is 0.452. The number of benzene rings is 2. The minimum absolute atomic E-state index is 0.127.